The average molecular weight is 284 g/mol. The summed E-state index contributed by atoms with van der Waals surface area (Å²) in [6, 6.07) is 0. The standard InChI is InChI=1S/C14H24N2O4/c1-9(2)7-16-8-11(5-12(16)17)14(20)15-6-10(3)4-13(18)19/h9-11H,4-8H2,1-3H3,(H,15,20)(H,18,19). The number of hydrogen-bond acceptors (Lipinski definition) is 3. The molecule has 1 saturated heterocycles. The molecule has 0 radical (unpaired) electrons. The van der Waals surface area contributed by atoms with Gasteiger partial charge in [0.25, 0.3) is 0 Å². The second-order valence-corrected chi connectivity index (χ2v) is 6.04. The molecule has 1 aliphatic heterocycles. The van der Waals surface area contributed by atoms with Crippen LogP contribution in [-0.2, 0) is 14.4 Å². The van der Waals surface area contributed by atoms with Gasteiger partial charge in [0.05, 0.1) is 5.92 Å². The lowest BCUT2D eigenvalue weighted by molar-refractivity contribution is -0.138. The molecule has 6 nitrogen and oxygen atoms in total. The molecule has 1 fully saturated rings. The van der Waals surface area contributed by atoms with Gasteiger partial charge in [0, 0.05) is 32.5 Å². The number of hydrogen-bond donors (Lipinski definition) is 2. The smallest absolute Gasteiger partial charge is 0.303 e. The van der Waals surface area contributed by atoms with E-state index in [0.717, 1.165) is 0 Å². The van der Waals surface area contributed by atoms with Crippen LogP contribution in [0.3, 0.4) is 0 Å². The van der Waals surface area contributed by atoms with Gasteiger partial charge in [0.15, 0.2) is 0 Å². The third-order valence-electron chi connectivity index (χ3n) is 3.32. The first-order valence-electron chi connectivity index (χ1n) is 7.06. The van der Waals surface area contributed by atoms with Gasteiger partial charge in [-0.05, 0) is 11.8 Å². The monoisotopic (exact) mass is 284 g/mol. The minimum Gasteiger partial charge on any atom is -0.481 e. The number of carboxylic acid groups (broad SMARTS) is 1. The van der Waals surface area contributed by atoms with Gasteiger partial charge < -0.3 is 15.3 Å². The lowest BCUT2D eigenvalue weighted by Crippen LogP contribution is -2.36. The molecule has 0 aromatic heterocycles. The maximum atomic E-state index is 12.0. The highest BCUT2D eigenvalue weighted by Gasteiger charge is 2.34. The maximum absolute atomic E-state index is 12.0. The first-order chi connectivity index (χ1) is 9.29. The Hall–Kier alpha value is -1.59. The third-order valence-corrected chi connectivity index (χ3v) is 3.32. The summed E-state index contributed by atoms with van der Waals surface area (Å²) in [5, 5.41) is 11.4. The molecule has 1 aliphatic rings. The summed E-state index contributed by atoms with van der Waals surface area (Å²) in [5.41, 5.74) is 0. The highest BCUT2D eigenvalue weighted by atomic mass is 16.4. The van der Waals surface area contributed by atoms with Crippen LogP contribution in [-0.4, -0.2) is 47.4 Å². The molecule has 20 heavy (non-hydrogen) atoms. The molecule has 6 heteroatoms. The number of nitrogens with one attached hydrogen (secondary N) is 1. The van der Waals surface area contributed by atoms with Gasteiger partial charge in [-0.1, -0.05) is 20.8 Å². The Kier molecular flexibility index (Phi) is 5.98. The predicted octanol–water partition coefficient (Wildman–Crippen LogP) is 0.718. The molecule has 2 N–H and O–H groups in total. The van der Waals surface area contributed by atoms with Crippen molar-refractivity contribution in [3.8, 4) is 0 Å². The van der Waals surface area contributed by atoms with Crippen LogP contribution in [0.25, 0.3) is 0 Å². The van der Waals surface area contributed by atoms with E-state index in [-0.39, 0.29) is 36.5 Å². The zero-order valence-corrected chi connectivity index (χ0v) is 12.4. The van der Waals surface area contributed by atoms with Gasteiger partial charge in [-0.25, -0.2) is 0 Å². The molecule has 2 amide bonds. The molecule has 1 rings (SSSR count). The van der Waals surface area contributed by atoms with E-state index < -0.39 is 5.97 Å². The van der Waals surface area contributed by atoms with Crippen molar-refractivity contribution in [1.29, 1.82) is 0 Å². The zero-order valence-electron chi connectivity index (χ0n) is 12.4. The van der Waals surface area contributed by atoms with Gasteiger partial charge in [-0.3, -0.25) is 14.4 Å². The number of carbonyl (C=O) groups excluding carboxylic acids is 2. The molecule has 2 unspecified atom stereocenters. The molecular weight excluding hydrogens is 260 g/mol. The highest BCUT2D eigenvalue weighted by molar-refractivity contribution is 5.89. The number of amides is 2. The lowest BCUT2D eigenvalue weighted by atomic mass is 10.1. The average Bonchev–Trinajstić information content (AvgIpc) is 2.66. The van der Waals surface area contributed by atoms with Crippen molar-refractivity contribution in [2.45, 2.75) is 33.6 Å². The zero-order chi connectivity index (χ0) is 15.3. The number of carboxylic acids is 1. The molecule has 0 spiro atoms. The van der Waals surface area contributed by atoms with E-state index in [1.54, 1.807) is 11.8 Å². The van der Waals surface area contributed by atoms with Crippen molar-refractivity contribution in [2.75, 3.05) is 19.6 Å². The van der Waals surface area contributed by atoms with Crippen molar-refractivity contribution < 1.29 is 19.5 Å². The molecule has 1 heterocycles. The summed E-state index contributed by atoms with van der Waals surface area (Å²) >= 11 is 0. The van der Waals surface area contributed by atoms with Gasteiger partial charge >= 0.3 is 5.97 Å². The second-order valence-electron chi connectivity index (χ2n) is 6.04. The van der Waals surface area contributed by atoms with Gasteiger partial charge in [0.1, 0.15) is 0 Å². The van der Waals surface area contributed by atoms with Crippen LogP contribution in [0, 0.1) is 17.8 Å². The Labute approximate surface area is 119 Å². The van der Waals surface area contributed by atoms with Gasteiger partial charge in [0.2, 0.25) is 11.8 Å². The van der Waals surface area contributed by atoms with E-state index in [1.807, 2.05) is 13.8 Å². The highest BCUT2D eigenvalue weighted by Crippen LogP contribution is 2.19. The van der Waals surface area contributed by atoms with E-state index in [4.69, 9.17) is 5.11 Å². The first kappa shape index (κ1) is 16.5. The van der Waals surface area contributed by atoms with Gasteiger partial charge in [-0.2, -0.15) is 0 Å². The Morgan fingerprint density at radius 3 is 2.60 bits per heavy atom. The number of rotatable bonds is 7. The van der Waals surface area contributed by atoms with E-state index >= 15 is 0 Å². The van der Waals surface area contributed by atoms with E-state index in [9.17, 15) is 14.4 Å². The molecule has 2 atom stereocenters. The van der Waals surface area contributed by atoms with Crippen molar-refractivity contribution >= 4 is 17.8 Å². The molecule has 114 valence electrons. The molecule has 0 bridgehead atoms. The Morgan fingerprint density at radius 2 is 2.05 bits per heavy atom. The molecule has 0 aliphatic carbocycles. The fraction of sp³-hybridized carbons (Fsp3) is 0.786. The van der Waals surface area contributed by atoms with Crippen LogP contribution in [0.2, 0.25) is 0 Å². The minimum absolute atomic E-state index is 0.0254. The normalized spacial score (nSPS) is 20.3. The van der Waals surface area contributed by atoms with Crippen molar-refractivity contribution in [1.82, 2.24) is 10.2 Å². The number of carbonyl (C=O) groups is 3. The quantitative estimate of drug-likeness (QED) is 0.721. The molecule has 0 saturated carbocycles. The SMILES string of the molecule is CC(C)CN1CC(C(=O)NCC(C)CC(=O)O)CC1=O. The van der Waals surface area contributed by atoms with Crippen LogP contribution in [0.1, 0.15) is 33.6 Å². The molecular formula is C14H24N2O4. The lowest BCUT2D eigenvalue weighted by Gasteiger charge is -2.19. The third kappa shape index (κ3) is 5.19. The summed E-state index contributed by atoms with van der Waals surface area (Å²) in [5.74, 6) is -1.03. The van der Waals surface area contributed by atoms with E-state index in [0.29, 0.717) is 25.6 Å². The largest absolute Gasteiger partial charge is 0.481 e. The summed E-state index contributed by atoms with van der Waals surface area (Å²) in [4.78, 5) is 36.0. The number of likely N-dealkylation sites (tertiary alicyclic amines) is 1. The Balaban J connectivity index is 2.38. The summed E-state index contributed by atoms with van der Waals surface area (Å²) in [6.07, 6.45) is 0.287. The number of nitrogens with zero attached hydrogens (tertiary/aromatic N) is 1. The summed E-state index contributed by atoms with van der Waals surface area (Å²) < 4.78 is 0. The Morgan fingerprint density at radius 1 is 1.40 bits per heavy atom. The van der Waals surface area contributed by atoms with Crippen LogP contribution in [0.15, 0.2) is 0 Å². The van der Waals surface area contributed by atoms with Crippen molar-refractivity contribution in [3.63, 3.8) is 0 Å². The van der Waals surface area contributed by atoms with Crippen LogP contribution in [0.5, 0.6) is 0 Å². The summed E-state index contributed by atoms with van der Waals surface area (Å²) in [6.45, 7) is 7.33. The topological polar surface area (TPSA) is 86.7 Å². The molecule has 0 aromatic carbocycles. The van der Waals surface area contributed by atoms with E-state index in [1.165, 1.54) is 0 Å². The predicted molar refractivity (Wildman–Crippen MR) is 74.0 cm³/mol. The fourth-order valence-corrected chi connectivity index (χ4v) is 2.35. The fourth-order valence-electron chi connectivity index (χ4n) is 2.35. The van der Waals surface area contributed by atoms with Crippen molar-refractivity contribution in [3.05, 3.63) is 0 Å². The van der Waals surface area contributed by atoms with Gasteiger partial charge in [-0.15, -0.1) is 0 Å². The maximum Gasteiger partial charge on any atom is 0.303 e. The summed E-state index contributed by atoms with van der Waals surface area (Å²) in [7, 11) is 0. The number of aliphatic carboxylic acids is 1. The minimum atomic E-state index is -0.870. The molecule has 0 aromatic rings. The van der Waals surface area contributed by atoms with Crippen LogP contribution in [0.4, 0.5) is 0 Å². The van der Waals surface area contributed by atoms with Crippen molar-refractivity contribution in [2.24, 2.45) is 17.8 Å². The van der Waals surface area contributed by atoms with Crippen LogP contribution < -0.4 is 5.32 Å². The van der Waals surface area contributed by atoms with Crippen LogP contribution >= 0.6 is 0 Å². The Bertz CT molecular complexity index is 381. The van der Waals surface area contributed by atoms with E-state index in [2.05, 4.69) is 5.32 Å². The first-order valence-corrected chi connectivity index (χ1v) is 7.06. The second kappa shape index (κ2) is 7.26.